The largest absolute Gasteiger partial charge is 0.268 e. The fourth-order valence-corrected chi connectivity index (χ4v) is 3.68. The third kappa shape index (κ3) is 2.47. The first kappa shape index (κ1) is 11.6. The van der Waals surface area contributed by atoms with Gasteiger partial charge in [0.15, 0.2) is 0 Å². The molecule has 0 amide bonds. The molecule has 0 spiro atoms. The molecule has 2 atom stereocenters. The Morgan fingerprint density at radius 1 is 1.53 bits per heavy atom. The Balaban J connectivity index is 2.21. The van der Waals surface area contributed by atoms with Gasteiger partial charge in [0.25, 0.3) is 0 Å². The SMILES string of the molecule is CCCn1ncc(Br)c1C1CCC(Br)C1. The summed E-state index contributed by atoms with van der Waals surface area (Å²) in [7, 11) is 0. The molecule has 0 saturated heterocycles. The van der Waals surface area contributed by atoms with Gasteiger partial charge in [-0.3, -0.25) is 4.68 Å². The van der Waals surface area contributed by atoms with Crippen molar-refractivity contribution in [3.63, 3.8) is 0 Å². The van der Waals surface area contributed by atoms with Crippen LogP contribution in [0.1, 0.15) is 44.2 Å². The molecule has 0 aliphatic heterocycles. The van der Waals surface area contributed by atoms with E-state index in [1.54, 1.807) is 0 Å². The van der Waals surface area contributed by atoms with Gasteiger partial charge in [0.2, 0.25) is 0 Å². The Labute approximate surface area is 108 Å². The molecule has 0 N–H and O–H groups in total. The van der Waals surface area contributed by atoms with E-state index < -0.39 is 0 Å². The van der Waals surface area contributed by atoms with Gasteiger partial charge in [0, 0.05) is 17.3 Å². The van der Waals surface area contributed by atoms with E-state index in [4.69, 9.17) is 0 Å². The van der Waals surface area contributed by atoms with Gasteiger partial charge in [-0.1, -0.05) is 22.9 Å². The summed E-state index contributed by atoms with van der Waals surface area (Å²) in [6.45, 7) is 3.23. The van der Waals surface area contributed by atoms with E-state index in [-0.39, 0.29) is 0 Å². The topological polar surface area (TPSA) is 17.8 Å². The van der Waals surface area contributed by atoms with E-state index in [1.165, 1.54) is 29.4 Å². The minimum Gasteiger partial charge on any atom is -0.268 e. The van der Waals surface area contributed by atoms with Crippen LogP contribution in [-0.2, 0) is 6.54 Å². The summed E-state index contributed by atoms with van der Waals surface area (Å²) in [6, 6.07) is 0. The summed E-state index contributed by atoms with van der Waals surface area (Å²) in [6.07, 6.45) is 6.89. The van der Waals surface area contributed by atoms with E-state index in [0.29, 0.717) is 10.7 Å². The molecule has 84 valence electrons. The van der Waals surface area contributed by atoms with Crippen LogP contribution in [-0.4, -0.2) is 14.6 Å². The highest BCUT2D eigenvalue weighted by atomic mass is 79.9. The van der Waals surface area contributed by atoms with Gasteiger partial charge in [-0.2, -0.15) is 5.10 Å². The molecule has 4 heteroatoms. The van der Waals surface area contributed by atoms with Crippen molar-refractivity contribution in [2.45, 2.75) is 49.9 Å². The van der Waals surface area contributed by atoms with E-state index in [1.807, 2.05) is 6.20 Å². The molecule has 2 rings (SSSR count). The van der Waals surface area contributed by atoms with Crippen LogP contribution < -0.4 is 0 Å². The first-order valence-electron chi connectivity index (χ1n) is 5.57. The summed E-state index contributed by atoms with van der Waals surface area (Å²) >= 11 is 7.33. The lowest BCUT2D eigenvalue weighted by molar-refractivity contribution is 0.537. The number of hydrogen-bond acceptors (Lipinski definition) is 1. The van der Waals surface area contributed by atoms with Gasteiger partial charge in [0.05, 0.1) is 16.4 Å². The highest BCUT2D eigenvalue weighted by molar-refractivity contribution is 9.10. The van der Waals surface area contributed by atoms with Gasteiger partial charge in [0.1, 0.15) is 0 Å². The van der Waals surface area contributed by atoms with Crippen molar-refractivity contribution in [3.8, 4) is 0 Å². The molecule has 1 aromatic heterocycles. The smallest absolute Gasteiger partial charge is 0.0635 e. The highest BCUT2D eigenvalue weighted by Gasteiger charge is 2.28. The van der Waals surface area contributed by atoms with Gasteiger partial charge in [-0.25, -0.2) is 0 Å². The second-order valence-corrected chi connectivity index (χ2v) is 6.36. The zero-order valence-electron chi connectivity index (χ0n) is 8.92. The molecule has 15 heavy (non-hydrogen) atoms. The Bertz CT molecular complexity index is 335. The lowest BCUT2D eigenvalue weighted by atomic mass is 10.0. The maximum atomic E-state index is 4.43. The van der Waals surface area contributed by atoms with E-state index >= 15 is 0 Å². The maximum absolute atomic E-state index is 4.43. The fraction of sp³-hybridized carbons (Fsp3) is 0.727. The standard InChI is InChI=1S/C11H16Br2N2/c1-2-5-15-11(10(13)7-14-15)8-3-4-9(12)6-8/h7-9H,2-6H2,1H3. The van der Waals surface area contributed by atoms with Crippen LogP contribution in [0.3, 0.4) is 0 Å². The highest BCUT2D eigenvalue weighted by Crippen LogP contribution is 2.40. The van der Waals surface area contributed by atoms with Crippen LogP contribution in [0, 0.1) is 0 Å². The molecule has 1 aliphatic rings. The zero-order valence-corrected chi connectivity index (χ0v) is 12.1. The fourth-order valence-electron chi connectivity index (χ4n) is 2.34. The van der Waals surface area contributed by atoms with Gasteiger partial charge >= 0.3 is 0 Å². The molecule has 0 radical (unpaired) electrons. The van der Waals surface area contributed by atoms with Crippen LogP contribution in [0.2, 0.25) is 0 Å². The molecule has 0 aromatic carbocycles. The number of aryl methyl sites for hydroxylation is 1. The van der Waals surface area contributed by atoms with Crippen molar-refractivity contribution < 1.29 is 0 Å². The Kier molecular flexibility index (Phi) is 3.88. The molecule has 2 unspecified atom stereocenters. The Morgan fingerprint density at radius 3 is 2.93 bits per heavy atom. The van der Waals surface area contributed by atoms with Crippen molar-refractivity contribution in [2.75, 3.05) is 0 Å². The quantitative estimate of drug-likeness (QED) is 0.761. The number of rotatable bonds is 3. The van der Waals surface area contributed by atoms with Crippen molar-refractivity contribution >= 4 is 31.9 Å². The van der Waals surface area contributed by atoms with E-state index in [2.05, 4.69) is 48.6 Å². The number of halogens is 2. The second-order valence-electron chi connectivity index (χ2n) is 4.21. The van der Waals surface area contributed by atoms with Crippen LogP contribution in [0.25, 0.3) is 0 Å². The molecular weight excluding hydrogens is 320 g/mol. The van der Waals surface area contributed by atoms with Gasteiger partial charge in [-0.05, 0) is 41.6 Å². The molecule has 1 heterocycles. The van der Waals surface area contributed by atoms with Crippen LogP contribution in [0.4, 0.5) is 0 Å². The minimum absolute atomic E-state index is 0.679. The molecule has 1 aromatic rings. The number of hydrogen-bond donors (Lipinski definition) is 0. The summed E-state index contributed by atoms with van der Waals surface area (Å²) in [4.78, 5) is 0.694. The molecule has 1 saturated carbocycles. The molecule has 2 nitrogen and oxygen atoms in total. The number of aromatic nitrogens is 2. The average molecular weight is 336 g/mol. The molecular formula is C11H16Br2N2. The monoisotopic (exact) mass is 334 g/mol. The van der Waals surface area contributed by atoms with Crippen LogP contribution >= 0.6 is 31.9 Å². The summed E-state index contributed by atoms with van der Waals surface area (Å²) < 4.78 is 3.35. The van der Waals surface area contributed by atoms with Crippen LogP contribution in [0.15, 0.2) is 10.7 Å². The minimum atomic E-state index is 0.679. The first-order valence-corrected chi connectivity index (χ1v) is 7.28. The third-order valence-corrected chi connectivity index (χ3v) is 4.47. The third-order valence-electron chi connectivity index (χ3n) is 3.02. The van der Waals surface area contributed by atoms with Gasteiger partial charge in [-0.15, -0.1) is 0 Å². The Morgan fingerprint density at radius 2 is 2.33 bits per heavy atom. The van der Waals surface area contributed by atoms with Crippen molar-refractivity contribution in [1.29, 1.82) is 0 Å². The average Bonchev–Trinajstić information content (AvgIpc) is 2.74. The summed E-state index contributed by atoms with van der Waals surface area (Å²) in [5.74, 6) is 0.679. The van der Waals surface area contributed by atoms with E-state index in [9.17, 15) is 0 Å². The van der Waals surface area contributed by atoms with Crippen molar-refractivity contribution in [3.05, 3.63) is 16.4 Å². The number of nitrogens with zero attached hydrogens (tertiary/aromatic N) is 2. The normalized spacial score (nSPS) is 26.1. The lowest BCUT2D eigenvalue weighted by Crippen LogP contribution is -2.08. The molecule has 1 aliphatic carbocycles. The second kappa shape index (κ2) is 5.00. The molecule has 0 bridgehead atoms. The summed E-state index contributed by atoms with van der Waals surface area (Å²) in [5.41, 5.74) is 1.40. The van der Waals surface area contributed by atoms with Crippen LogP contribution in [0.5, 0.6) is 0 Å². The maximum Gasteiger partial charge on any atom is 0.0635 e. The van der Waals surface area contributed by atoms with E-state index in [0.717, 1.165) is 13.0 Å². The predicted molar refractivity (Wildman–Crippen MR) is 69.5 cm³/mol. The predicted octanol–water partition coefficient (Wildman–Crippen LogP) is 4.09. The van der Waals surface area contributed by atoms with Gasteiger partial charge < -0.3 is 0 Å². The molecule has 1 fully saturated rings. The first-order chi connectivity index (χ1) is 7.22. The Hall–Kier alpha value is 0.170. The lowest BCUT2D eigenvalue weighted by Gasteiger charge is -2.13. The summed E-state index contributed by atoms with van der Waals surface area (Å²) in [5, 5.41) is 4.43. The zero-order chi connectivity index (χ0) is 10.8. The van der Waals surface area contributed by atoms with Crippen molar-refractivity contribution in [2.24, 2.45) is 0 Å². The number of alkyl halides is 1. The van der Waals surface area contributed by atoms with Crippen molar-refractivity contribution in [1.82, 2.24) is 9.78 Å².